The summed E-state index contributed by atoms with van der Waals surface area (Å²) in [5, 5.41) is 17.3. The normalized spacial score (nSPS) is 16.2. The van der Waals surface area contributed by atoms with Crippen molar-refractivity contribution in [2.75, 3.05) is 19.8 Å². The molecule has 0 radical (unpaired) electrons. The van der Waals surface area contributed by atoms with Crippen LogP contribution in [-0.2, 0) is 9.53 Å². The third-order valence-electron chi connectivity index (χ3n) is 4.73. The standard InChI is InChI=1S/C18H20ClN3O4/c1-12-15(10-22(21-12)14-4-2-13(19)3-5-14)16(23)20-11-18(17(24)25)6-8-26-9-7-18/h2-5,10H,6-9,11H2,1H3,(H,20,23)(H,24,25). The zero-order chi connectivity index (χ0) is 18.7. The largest absolute Gasteiger partial charge is 0.481 e. The second kappa shape index (κ2) is 7.47. The molecule has 0 saturated carbocycles. The first kappa shape index (κ1) is 18.4. The number of halogens is 1. The Morgan fingerprint density at radius 1 is 1.31 bits per heavy atom. The fourth-order valence-corrected chi connectivity index (χ4v) is 3.11. The molecule has 2 N–H and O–H groups in total. The van der Waals surface area contributed by atoms with E-state index in [2.05, 4.69) is 10.4 Å². The first-order valence-corrected chi connectivity index (χ1v) is 8.71. The summed E-state index contributed by atoms with van der Waals surface area (Å²) in [6.45, 7) is 2.57. The van der Waals surface area contributed by atoms with E-state index < -0.39 is 11.4 Å². The van der Waals surface area contributed by atoms with Crippen LogP contribution in [-0.4, -0.2) is 46.5 Å². The van der Waals surface area contributed by atoms with Gasteiger partial charge >= 0.3 is 5.97 Å². The Bertz CT molecular complexity index is 810. The first-order chi connectivity index (χ1) is 12.4. The molecule has 2 aromatic rings. The second-order valence-corrected chi connectivity index (χ2v) is 6.87. The number of nitrogens with zero attached hydrogens (tertiary/aromatic N) is 2. The van der Waals surface area contributed by atoms with Gasteiger partial charge < -0.3 is 15.2 Å². The molecular weight excluding hydrogens is 358 g/mol. The zero-order valence-electron chi connectivity index (χ0n) is 14.4. The minimum atomic E-state index is -0.978. The van der Waals surface area contributed by atoms with Crippen molar-refractivity contribution in [3.05, 3.63) is 46.7 Å². The highest BCUT2D eigenvalue weighted by Gasteiger charge is 2.40. The van der Waals surface area contributed by atoms with Crippen molar-refractivity contribution in [2.24, 2.45) is 5.41 Å². The Morgan fingerprint density at radius 2 is 1.96 bits per heavy atom. The molecule has 0 bridgehead atoms. The zero-order valence-corrected chi connectivity index (χ0v) is 15.1. The van der Waals surface area contributed by atoms with Gasteiger partial charge in [-0.25, -0.2) is 4.68 Å². The minimum Gasteiger partial charge on any atom is -0.481 e. The average Bonchev–Trinajstić information content (AvgIpc) is 3.03. The lowest BCUT2D eigenvalue weighted by Crippen LogP contribution is -2.46. The number of hydrogen-bond acceptors (Lipinski definition) is 4. The maximum Gasteiger partial charge on any atom is 0.311 e. The number of benzene rings is 1. The lowest BCUT2D eigenvalue weighted by Gasteiger charge is -2.33. The van der Waals surface area contributed by atoms with E-state index in [9.17, 15) is 14.7 Å². The Kier molecular flexibility index (Phi) is 5.29. The first-order valence-electron chi connectivity index (χ1n) is 8.33. The second-order valence-electron chi connectivity index (χ2n) is 6.43. The van der Waals surface area contributed by atoms with Gasteiger partial charge in [0.2, 0.25) is 0 Å². The predicted molar refractivity (Wildman–Crippen MR) is 95.8 cm³/mol. The highest BCUT2D eigenvalue weighted by molar-refractivity contribution is 6.30. The number of carboxylic acids is 1. The number of rotatable bonds is 5. The van der Waals surface area contributed by atoms with E-state index in [0.717, 1.165) is 5.69 Å². The summed E-state index contributed by atoms with van der Waals surface area (Å²) < 4.78 is 6.85. The molecule has 0 aliphatic carbocycles. The van der Waals surface area contributed by atoms with Crippen LogP contribution in [0, 0.1) is 12.3 Å². The number of ether oxygens (including phenoxy) is 1. The molecule has 26 heavy (non-hydrogen) atoms. The lowest BCUT2D eigenvalue weighted by molar-refractivity contribution is -0.154. The van der Waals surface area contributed by atoms with E-state index in [-0.39, 0.29) is 12.5 Å². The smallest absolute Gasteiger partial charge is 0.311 e. The van der Waals surface area contributed by atoms with Crippen LogP contribution in [0.5, 0.6) is 0 Å². The van der Waals surface area contributed by atoms with E-state index in [1.807, 2.05) is 0 Å². The molecule has 3 rings (SSSR count). The Balaban J connectivity index is 1.74. The van der Waals surface area contributed by atoms with Crippen molar-refractivity contribution < 1.29 is 19.4 Å². The molecule has 1 aliphatic heterocycles. The number of hydrogen-bond donors (Lipinski definition) is 2. The molecule has 138 valence electrons. The number of carbonyl (C=O) groups is 2. The van der Waals surface area contributed by atoms with Crippen LogP contribution in [0.3, 0.4) is 0 Å². The predicted octanol–water partition coefficient (Wildman–Crippen LogP) is 2.45. The Morgan fingerprint density at radius 3 is 2.58 bits per heavy atom. The summed E-state index contributed by atoms with van der Waals surface area (Å²) in [5.41, 5.74) is 0.776. The average molecular weight is 378 g/mol. The molecule has 2 heterocycles. The Labute approximate surface area is 155 Å². The van der Waals surface area contributed by atoms with E-state index in [4.69, 9.17) is 16.3 Å². The monoisotopic (exact) mass is 377 g/mol. The van der Waals surface area contributed by atoms with Gasteiger partial charge in [0.1, 0.15) is 0 Å². The molecule has 1 saturated heterocycles. The fraction of sp³-hybridized carbons (Fsp3) is 0.389. The molecule has 1 aliphatic rings. The molecule has 7 nitrogen and oxygen atoms in total. The molecule has 1 aromatic carbocycles. The number of amides is 1. The number of nitrogens with one attached hydrogen (secondary N) is 1. The fourth-order valence-electron chi connectivity index (χ4n) is 2.98. The molecule has 1 amide bonds. The number of aryl methyl sites for hydroxylation is 1. The molecule has 0 unspecified atom stereocenters. The van der Waals surface area contributed by atoms with Crippen LogP contribution >= 0.6 is 11.6 Å². The molecule has 1 fully saturated rings. The summed E-state index contributed by atoms with van der Waals surface area (Å²) in [6, 6.07) is 7.10. The third kappa shape index (κ3) is 3.73. The third-order valence-corrected chi connectivity index (χ3v) is 4.98. The summed E-state index contributed by atoms with van der Waals surface area (Å²) in [4.78, 5) is 24.2. The summed E-state index contributed by atoms with van der Waals surface area (Å²) in [5.74, 6) is -1.25. The maximum atomic E-state index is 12.6. The quantitative estimate of drug-likeness (QED) is 0.834. The number of aliphatic carboxylic acids is 1. The highest BCUT2D eigenvalue weighted by Crippen LogP contribution is 2.30. The molecule has 0 spiro atoms. The van der Waals surface area contributed by atoms with E-state index in [1.165, 1.54) is 0 Å². The van der Waals surface area contributed by atoms with Crippen molar-refractivity contribution in [3.8, 4) is 5.69 Å². The van der Waals surface area contributed by atoms with E-state index >= 15 is 0 Å². The summed E-state index contributed by atoms with van der Waals surface area (Å²) >= 11 is 5.89. The summed E-state index contributed by atoms with van der Waals surface area (Å²) in [7, 11) is 0. The summed E-state index contributed by atoms with van der Waals surface area (Å²) in [6.07, 6.45) is 2.39. The van der Waals surface area contributed by atoms with Crippen molar-refractivity contribution in [1.82, 2.24) is 15.1 Å². The van der Waals surface area contributed by atoms with Gasteiger partial charge in [-0.15, -0.1) is 0 Å². The SMILES string of the molecule is Cc1nn(-c2ccc(Cl)cc2)cc1C(=O)NCC1(C(=O)O)CCOCC1. The van der Waals surface area contributed by atoms with Gasteiger partial charge in [-0.3, -0.25) is 9.59 Å². The van der Waals surface area contributed by atoms with Crippen LogP contribution in [0.2, 0.25) is 5.02 Å². The molecule has 0 atom stereocenters. The maximum absolute atomic E-state index is 12.6. The Hall–Kier alpha value is -2.38. The van der Waals surface area contributed by atoms with Gasteiger partial charge in [0.25, 0.3) is 5.91 Å². The topological polar surface area (TPSA) is 93.5 Å². The van der Waals surface area contributed by atoms with Gasteiger partial charge in [-0.05, 0) is 44.0 Å². The number of aromatic nitrogens is 2. The van der Waals surface area contributed by atoms with Crippen LogP contribution in [0.4, 0.5) is 0 Å². The number of carboxylic acid groups (broad SMARTS) is 1. The van der Waals surface area contributed by atoms with Crippen molar-refractivity contribution in [3.63, 3.8) is 0 Å². The molecule has 1 aromatic heterocycles. The van der Waals surface area contributed by atoms with Gasteiger partial charge in [-0.2, -0.15) is 5.10 Å². The molecular formula is C18H20ClN3O4. The van der Waals surface area contributed by atoms with E-state index in [0.29, 0.717) is 42.3 Å². The van der Waals surface area contributed by atoms with E-state index in [1.54, 1.807) is 42.1 Å². The van der Waals surface area contributed by atoms with Gasteiger partial charge in [0, 0.05) is 31.0 Å². The van der Waals surface area contributed by atoms with Crippen molar-refractivity contribution in [2.45, 2.75) is 19.8 Å². The number of carbonyl (C=O) groups excluding carboxylic acids is 1. The van der Waals surface area contributed by atoms with Crippen LogP contribution in [0.1, 0.15) is 28.9 Å². The van der Waals surface area contributed by atoms with Gasteiger partial charge in [0.05, 0.1) is 22.4 Å². The van der Waals surface area contributed by atoms with Gasteiger partial charge in [0.15, 0.2) is 0 Å². The lowest BCUT2D eigenvalue weighted by atomic mass is 9.80. The highest BCUT2D eigenvalue weighted by atomic mass is 35.5. The van der Waals surface area contributed by atoms with Crippen molar-refractivity contribution in [1.29, 1.82) is 0 Å². The van der Waals surface area contributed by atoms with Crippen LogP contribution < -0.4 is 5.32 Å². The molecule has 8 heteroatoms. The van der Waals surface area contributed by atoms with Crippen LogP contribution in [0.15, 0.2) is 30.5 Å². The van der Waals surface area contributed by atoms with Gasteiger partial charge in [-0.1, -0.05) is 11.6 Å². The van der Waals surface area contributed by atoms with Crippen molar-refractivity contribution >= 4 is 23.5 Å². The van der Waals surface area contributed by atoms with Crippen LogP contribution in [0.25, 0.3) is 5.69 Å². The minimum absolute atomic E-state index is 0.0656.